The summed E-state index contributed by atoms with van der Waals surface area (Å²) in [6.07, 6.45) is 8.53. The standard InChI is InChI=1S/C14H32N2O4S/c17-13-7-11-15-9-5-3-1-2-4-6-10-16-12-8-14-21(18,19)20/h15-17H,1-14H2,(H,18,19,20). The summed E-state index contributed by atoms with van der Waals surface area (Å²) >= 11 is 0. The summed E-state index contributed by atoms with van der Waals surface area (Å²) in [5.74, 6) is -0.160. The van der Waals surface area contributed by atoms with Gasteiger partial charge in [-0.05, 0) is 51.9 Å². The number of rotatable bonds is 16. The third kappa shape index (κ3) is 19.8. The van der Waals surface area contributed by atoms with E-state index in [-0.39, 0.29) is 12.4 Å². The topological polar surface area (TPSA) is 98.7 Å². The van der Waals surface area contributed by atoms with Crippen molar-refractivity contribution in [2.24, 2.45) is 0 Å². The fraction of sp³-hybridized carbons (Fsp3) is 1.00. The number of hydrogen-bond acceptors (Lipinski definition) is 5. The molecule has 0 aliphatic rings. The molecule has 0 aromatic heterocycles. The van der Waals surface area contributed by atoms with Gasteiger partial charge in [0.2, 0.25) is 0 Å². The Bertz CT molecular complexity index is 310. The molecule has 0 saturated heterocycles. The minimum absolute atomic E-state index is 0.160. The van der Waals surface area contributed by atoms with E-state index >= 15 is 0 Å². The van der Waals surface area contributed by atoms with Crippen molar-refractivity contribution in [3.05, 3.63) is 0 Å². The van der Waals surface area contributed by atoms with Gasteiger partial charge in [0.15, 0.2) is 0 Å². The van der Waals surface area contributed by atoms with E-state index in [2.05, 4.69) is 10.6 Å². The number of aliphatic hydroxyl groups excluding tert-OH is 1. The van der Waals surface area contributed by atoms with E-state index in [9.17, 15) is 8.42 Å². The van der Waals surface area contributed by atoms with Crippen LogP contribution in [0.3, 0.4) is 0 Å². The SMILES string of the molecule is O=S(=O)(O)CCCNCCCCCCCCNCCCO. The minimum Gasteiger partial charge on any atom is -0.396 e. The lowest BCUT2D eigenvalue weighted by atomic mass is 10.1. The lowest BCUT2D eigenvalue weighted by molar-refractivity contribution is 0.286. The largest absolute Gasteiger partial charge is 0.396 e. The quantitative estimate of drug-likeness (QED) is 0.251. The van der Waals surface area contributed by atoms with E-state index in [1.54, 1.807) is 0 Å². The van der Waals surface area contributed by atoms with Gasteiger partial charge in [0.25, 0.3) is 10.1 Å². The summed E-state index contributed by atoms with van der Waals surface area (Å²) < 4.78 is 29.5. The van der Waals surface area contributed by atoms with Crippen LogP contribution in [-0.2, 0) is 10.1 Å². The number of aliphatic hydroxyl groups is 1. The Kier molecular flexibility index (Phi) is 14.6. The first-order valence-electron chi connectivity index (χ1n) is 8.04. The highest BCUT2D eigenvalue weighted by Gasteiger charge is 2.02. The van der Waals surface area contributed by atoms with Crippen molar-refractivity contribution in [3.63, 3.8) is 0 Å². The minimum atomic E-state index is -3.80. The van der Waals surface area contributed by atoms with Gasteiger partial charge in [-0.1, -0.05) is 25.7 Å². The molecule has 6 nitrogen and oxygen atoms in total. The van der Waals surface area contributed by atoms with Crippen LogP contribution in [0, 0.1) is 0 Å². The van der Waals surface area contributed by atoms with Gasteiger partial charge in [-0.2, -0.15) is 8.42 Å². The summed E-state index contributed by atoms with van der Waals surface area (Å²) in [5, 5.41) is 15.1. The van der Waals surface area contributed by atoms with Crippen molar-refractivity contribution in [1.29, 1.82) is 0 Å². The van der Waals surface area contributed by atoms with Crippen LogP contribution in [-0.4, -0.2) is 56.6 Å². The van der Waals surface area contributed by atoms with Crippen LogP contribution < -0.4 is 10.6 Å². The molecule has 0 aromatic rings. The Balaban J connectivity index is 3.03. The number of unbranched alkanes of at least 4 members (excludes halogenated alkanes) is 5. The zero-order valence-corrected chi connectivity index (χ0v) is 13.8. The Morgan fingerprint density at radius 1 is 0.667 bits per heavy atom. The molecule has 21 heavy (non-hydrogen) atoms. The van der Waals surface area contributed by atoms with Crippen LogP contribution in [0.5, 0.6) is 0 Å². The van der Waals surface area contributed by atoms with Crippen LogP contribution >= 0.6 is 0 Å². The Morgan fingerprint density at radius 2 is 1.10 bits per heavy atom. The zero-order valence-electron chi connectivity index (χ0n) is 13.0. The first-order valence-corrected chi connectivity index (χ1v) is 9.64. The molecule has 128 valence electrons. The molecule has 0 radical (unpaired) electrons. The number of nitrogens with one attached hydrogen (secondary N) is 2. The fourth-order valence-corrected chi connectivity index (χ4v) is 2.55. The lowest BCUT2D eigenvalue weighted by Gasteiger charge is -2.05. The van der Waals surface area contributed by atoms with Crippen molar-refractivity contribution in [1.82, 2.24) is 10.6 Å². The molecule has 0 saturated carbocycles. The maximum absolute atomic E-state index is 10.5. The first kappa shape index (κ1) is 20.8. The van der Waals surface area contributed by atoms with E-state index < -0.39 is 10.1 Å². The molecule has 0 aliphatic heterocycles. The van der Waals surface area contributed by atoms with Gasteiger partial charge in [0.1, 0.15) is 0 Å². The second kappa shape index (κ2) is 14.7. The van der Waals surface area contributed by atoms with Crippen LogP contribution in [0.4, 0.5) is 0 Å². The van der Waals surface area contributed by atoms with Gasteiger partial charge in [-0.3, -0.25) is 4.55 Å². The van der Waals surface area contributed by atoms with Gasteiger partial charge < -0.3 is 15.7 Å². The molecule has 0 fully saturated rings. The van der Waals surface area contributed by atoms with Gasteiger partial charge in [-0.15, -0.1) is 0 Å². The molecule has 0 bridgehead atoms. The maximum Gasteiger partial charge on any atom is 0.264 e. The fourth-order valence-electron chi connectivity index (χ4n) is 2.04. The molecule has 0 aliphatic carbocycles. The number of hydrogen-bond donors (Lipinski definition) is 4. The van der Waals surface area contributed by atoms with Crippen molar-refractivity contribution < 1.29 is 18.1 Å². The Morgan fingerprint density at radius 3 is 1.57 bits per heavy atom. The third-order valence-electron chi connectivity index (χ3n) is 3.22. The monoisotopic (exact) mass is 324 g/mol. The second-order valence-electron chi connectivity index (χ2n) is 5.34. The summed E-state index contributed by atoms with van der Waals surface area (Å²) in [5.41, 5.74) is 0. The van der Waals surface area contributed by atoms with Crippen molar-refractivity contribution in [2.45, 2.75) is 51.4 Å². The van der Waals surface area contributed by atoms with Crippen LogP contribution in [0.25, 0.3) is 0 Å². The van der Waals surface area contributed by atoms with Gasteiger partial charge in [0, 0.05) is 6.61 Å². The molecular formula is C14H32N2O4S. The average Bonchev–Trinajstić information content (AvgIpc) is 2.42. The molecule has 0 spiro atoms. The van der Waals surface area contributed by atoms with E-state index in [1.807, 2.05) is 0 Å². The summed E-state index contributed by atoms with van der Waals surface area (Å²) in [7, 11) is -3.80. The van der Waals surface area contributed by atoms with Crippen molar-refractivity contribution >= 4 is 10.1 Å². The molecule has 0 heterocycles. The predicted octanol–water partition coefficient (Wildman–Crippen LogP) is 1.17. The second-order valence-corrected chi connectivity index (χ2v) is 6.91. The van der Waals surface area contributed by atoms with Crippen LogP contribution in [0.15, 0.2) is 0 Å². The van der Waals surface area contributed by atoms with Gasteiger partial charge in [0.05, 0.1) is 5.75 Å². The van der Waals surface area contributed by atoms with Gasteiger partial charge in [-0.25, -0.2) is 0 Å². The van der Waals surface area contributed by atoms with Gasteiger partial charge >= 0.3 is 0 Å². The zero-order chi connectivity index (χ0) is 15.8. The van der Waals surface area contributed by atoms with Crippen LogP contribution in [0.2, 0.25) is 0 Å². The normalized spacial score (nSPS) is 11.9. The molecule has 7 heteroatoms. The van der Waals surface area contributed by atoms with E-state index in [1.165, 1.54) is 32.1 Å². The molecule has 0 unspecified atom stereocenters. The van der Waals surface area contributed by atoms with Crippen molar-refractivity contribution in [2.75, 3.05) is 38.5 Å². The molecule has 0 aromatic carbocycles. The van der Waals surface area contributed by atoms with Crippen molar-refractivity contribution in [3.8, 4) is 0 Å². The van der Waals surface area contributed by atoms with E-state index in [4.69, 9.17) is 9.66 Å². The molecule has 0 rings (SSSR count). The van der Waals surface area contributed by atoms with Crippen LogP contribution in [0.1, 0.15) is 51.4 Å². The summed E-state index contributed by atoms with van der Waals surface area (Å²) in [6, 6.07) is 0. The van der Waals surface area contributed by atoms with E-state index in [0.717, 1.165) is 32.5 Å². The Hall–Kier alpha value is -0.210. The molecular weight excluding hydrogens is 292 g/mol. The average molecular weight is 324 g/mol. The summed E-state index contributed by atoms with van der Waals surface area (Å²) in [4.78, 5) is 0. The highest BCUT2D eigenvalue weighted by molar-refractivity contribution is 7.85. The molecule has 4 N–H and O–H groups in total. The highest BCUT2D eigenvalue weighted by Crippen LogP contribution is 2.04. The first-order chi connectivity index (χ1) is 10.1. The smallest absolute Gasteiger partial charge is 0.264 e. The maximum atomic E-state index is 10.5. The Labute approximate surface area is 129 Å². The molecule has 0 atom stereocenters. The highest BCUT2D eigenvalue weighted by atomic mass is 32.2. The lowest BCUT2D eigenvalue weighted by Crippen LogP contribution is -2.19. The summed E-state index contributed by atoms with van der Waals surface area (Å²) in [6.45, 7) is 3.75. The molecule has 0 amide bonds. The third-order valence-corrected chi connectivity index (χ3v) is 4.03. The van der Waals surface area contributed by atoms with E-state index in [0.29, 0.717) is 13.0 Å². The predicted molar refractivity (Wildman–Crippen MR) is 86.2 cm³/mol.